The van der Waals surface area contributed by atoms with Crippen LogP contribution in [0.4, 0.5) is 5.69 Å². The van der Waals surface area contributed by atoms with Crippen molar-refractivity contribution in [2.45, 2.75) is 33.1 Å². The average molecular weight is 163 g/mol. The van der Waals surface area contributed by atoms with Crippen LogP contribution in [0.5, 0.6) is 0 Å². The number of benzene rings is 1. The topological polar surface area (TPSA) is 26.0 Å². The molecule has 0 aliphatic rings. The molecule has 2 N–H and O–H groups in total. The lowest BCUT2D eigenvalue weighted by molar-refractivity contribution is 0.796. The molecular formula is C11H17N. The van der Waals surface area contributed by atoms with Gasteiger partial charge in [0.2, 0.25) is 0 Å². The molecule has 0 aromatic heterocycles. The molecule has 0 fully saturated rings. The first-order valence-corrected chi connectivity index (χ1v) is 4.59. The highest BCUT2D eigenvalue weighted by Gasteiger charge is 1.97. The van der Waals surface area contributed by atoms with E-state index in [0.717, 1.165) is 12.1 Å². The van der Waals surface area contributed by atoms with Crippen molar-refractivity contribution in [3.63, 3.8) is 0 Å². The standard InChI is InChI=1S/C11H17N/c1-3-4-5-10-7-6-9(2)8-11(10)12/h6-8H,3-5,12H2,1-2H3. The summed E-state index contributed by atoms with van der Waals surface area (Å²) in [5, 5.41) is 0. The van der Waals surface area contributed by atoms with E-state index in [2.05, 4.69) is 26.0 Å². The Morgan fingerprint density at radius 1 is 1.33 bits per heavy atom. The van der Waals surface area contributed by atoms with Crippen molar-refractivity contribution in [3.05, 3.63) is 29.3 Å². The first-order valence-electron chi connectivity index (χ1n) is 4.59. The molecule has 0 radical (unpaired) electrons. The lowest BCUT2D eigenvalue weighted by Crippen LogP contribution is -1.94. The Morgan fingerprint density at radius 2 is 2.08 bits per heavy atom. The van der Waals surface area contributed by atoms with Gasteiger partial charge in [-0.3, -0.25) is 0 Å². The normalized spacial score (nSPS) is 10.2. The minimum Gasteiger partial charge on any atom is -0.398 e. The SMILES string of the molecule is CCCCc1ccc(C)cc1N. The maximum atomic E-state index is 5.86. The van der Waals surface area contributed by atoms with Gasteiger partial charge in [-0.1, -0.05) is 25.5 Å². The van der Waals surface area contributed by atoms with E-state index in [9.17, 15) is 0 Å². The van der Waals surface area contributed by atoms with Crippen LogP contribution in [-0.4, -0.2) is 0 Å². The summed E-state index contributed by atoms with van der Waals surface area (Å²) < 4.78 is 0. The van der Waals surface area contributed by atoms with Gasteiger partial charge >= 0.3 is 0 Å². The molecule has 12 heavy (non-hydrogen) atoms. The van der Waals surface area contributed by atoms with Crippen molar-refractivity contribution in [1.29, 1.82) is 0 Å². The molecular weight excluding hydrogens is 146 g/mol. The summed E-state index contributed by atoms with van der Waals surface area (Å²) >= 11 is 0. The highest BCUT2D eigenvalue weighted by molar-refractivity contribution is 5.48. The fourth-order valence-corrected chi connectivity index (χ4v) is 1.31. The Bertz CT molecular complexity index is 253. The van der Waals surface area contributed by atoms with Crippen molar-refractivity contribution in [2.24, 2.45) is 0 Å². The van der Waals surface area contributed by atoms with Crippen LogP contribution in [0, 0.1) is 6.92 Å². The van der Waals surface area contributed by atoms with Crippen LogP contribution in [0.1, 0.15) is 30.9 Å². The fourth-order valence-electron chi connectivity index (χ4n) is 1.31. The summed E-state index contributed by atoms with van der Waals surface area (Å²) in [6.07, 6.45) is 3.57. The van der Waals surface area contributed by atoms with E-state index < -0.39 is 0 Å². The number of nitrogens with two attached hydrogens (primary N) is 1. The number of unbranched alkanes of at least 4 members (excludes halogenated alkanes) is 1. The molecule has 0 aliphatic carbocycles. The zero-order valence-corrected chi connectivity index (χ0v) is 7.93. The van der Waals surface area contributed by atoms with E-state index in [1.165, 1.54) is 24.0 Å². The summed E-state index contributed by atoms with van der Waals surface area (Å²) in [7, 11) is 0. The van der Waals surface area contributed by atoms with Crippen LogP contribution in [0.25, 0.3) is 0 Å². The third-order valence-corrected chi connectivity index (χ3v) is 2.10. The molecule has 0 atom stereocenters. The van der Waals surface area contributed by atoms with Gasteiger partial charge < -0.3 is 5.73 Å². The highest BCUT2D eigenvalue weighted by atomic mass is 14.6. The molecule has 1 rings (SSSR count). The molecule has 1 aromatic carbocycles. The van der Waals surface area contributed by atoms with Crippen LogP contribution in [0.3, 0.4) is 0 Å². The number of rotatable bonds is 3. The van der Waals surface area contributed by atoms with Crippen molar-refractivity contribution in [2.75, 3.05) is 5.73 Å². The average Bonchev–Trinajstić information content (AvgIpc) is 2.03. The van der Waals surface area contributed by atoms with Crippen LogP contribution in [0.15, 0.2) is 18.2 Å². The Morgan fingerprint density at radius 3 is 2.67 bits per heavy atom. The monoisotopic (exact) mass is 163 g/mol. The number of anilines is 1. The quantitative estimate of drug-likeness (QED) is 0.681. The summed E-state index contributed by atoms with van der Waals surface area (Å²) in [5.41, 5.74) is 9.35. The van der Waals surface area contributed by atoms with E-state index in [4.69, 9.17) is 5.73 Å². The van der Waals surface area contributed by atoms with Crippen molar-refractivity contribution in [3.8, 4) is 0 Å². The maximum Gasteiger partial charge on any atom is 0.0349 e. The zero-order chi connectivity index (χ0) is 8.97. The van der Waals surface area contributed by atoms with Gasteiger partial charge in [0, 0.05) is 5.69 Å². The second-order valence-electron chi connectivity index (χ2n) is 3.31. The molecule has 0 aliphatic heterocycles. The first-order chi connectivity index (χ1) is 5.74. The summed E-state index contributed by atoms with van der Waals surface area (Å²) in [6, 6.07) is 6.31. The number of aryl methyl sites for hydroxylation is 2. The van der Waals surface area contributed by atoms with E-state index >= 15 is 0 Å². The van der Waals surface area contributed by atoms with E-state index in [-0.39, 0.29) is 0 Å². The third-order valence-electron chi connectivity index (χ3n) is 2.10. The molecule has 1 heteroatoms. The van der Waals surface area contributed by atoms with Gasteiger partial charge in [-0.2, -0.15) is 0 Å². The predicted octanol–water partition coefficient (Wildman–Crippen LogP) is 2.92. The summed E-state index contributed by atoms with van der Waals surface area (Å²) in [6.45, 7) is 4.27. The molecule has 0 saturated carbocycles. The van der Waals surface area contributed by atoms with Crippen molar-refractivity contribution < 1.29 is 0 Å². The minimum absolute atomic E-state index is 0.948. The number of hydrogen-bond donors (Lipinski definition) is 1. The van der Waals surface area contributed by atoms with Gasteiger partial charge in [0.25, 0.3) is 0 Å². The van der Waals surface area contributed by atoms with Crippen molar-refractivity contribution >= 4 is 5.69 Å². The second kappa shape index (κ2) is 4.15. The molecule has 0 heterocycles. The minimum atomic E-state index is 0.948. The molecule has 0 bridgehead atoms. The van der Waals surface area contributed by atoms with Gasteiger partial charge in [-0.15, -0.1) is 0 Å². The van der Waals surface area contributed by atoms with Gasteiger partial charge in [0.15, 0.2) is 0 Å². The van der Waals surface area contributed by atoms with E-state index in [1.807, 2.05) is 6.07 Å². The van der Waals surface area contributed by atoms with E-state index in [0.29, 0.717) is 0 Å². The smallest absolute Gasteiger partial charge is 0.0349 e. The zero-order valence-electron chi connectivity index (χ0n) is 7.93. The lowest BCUT2D eigenvalue weighted by atomic mass is 10.0. The third kappa shape index (κ3) is 2.26. The molecule has 0 spiro atoms. The maximum absolute atomic E-state index is 5.86. The van der Waals surface area contributed by atoms with Crippen LogP contribution in [-0.2, 0) is 6.42 Å². The van der Waals surface area contributed by atoms with Crippen molar-refractivity contribution in [1.82, 2.24) is 0 Å². The number of hydrogen-bond acceptors (Lipinski definition) is 1. The molecule has 66 valence electrons. The first kappa shape index (κ1) is 9.11. The highest BCUT2D eigenvalue weighted by Crippen LogP contribution is 2.15. The number of nitrogen functional groups attached to an aromatic ring is 1. The van der Waals surface area contributed by atoms with E-state index in [1.54, 1.807) is 0 Å². The Hall–Kier alpha value is -0.980. The largest absolute Gasteiger partial charge is 0.398 e. The van der Waals surface area contributed by atoms with Crippen LogP contribution in [0.2, 0.25) is 0 Å². The molecule has 0 amide bonds. The fraction of sp³-hybridized carbons (Fsp3) is 0.455. The van der Waals surface area contributed by atoms with Gasteiger partial charge in [0.1, 0.15) is 0 Å². The summed E-state index contributed by atoms with van der Waals surface area (Å²) in [4.78, 5) is 0. The molecule has 0 saturated heterocycles. The Balaban J connectivity index is 2.72. The Kier molecular flexibility index (Phi) is 3.15. The molecule has 1 nitrogen and oxygen atoms in total. The van der Waals surface area contributed by atoms with Crippen LogP contribution >= 0.6 is 0 Å². The van der Waals surface area contributed by atoms with Gasteiger partial charge in [-0.25, -0.2) is 0 Å². The Labute approximate surface area is 74.6 Å². The predicted molar refractivity (Wildman–Crippen MR) is 54.2 cm³/mol. The van der Waals surface area contributed by atoms with Crippen LogP contribution < -0.4 is 5.73 Å². The van der Waals surface area contributed by atoms with Gasteiger partial charge in [0.05, 0.1) is 0 Å². The molecule has 0 unspecified atom stereocenters. The molecule has 1 aromatic rings. The van der Waals surface area contributed by atoms with Gasteiger partial charge in [-0.05, 0) is 37.0 Å². The lowest BCUT2D eigenvalue weighted by Gasteiger charge is -2.04. The summed E-state index contributed by atoms with van der Waals surface area (Å²) in [5.74, 6) is 0. The second-order valence-corrected chi connectivity index (χ2v) is 3.31.